The maximum absolute atomic E-state index is 12.3. The summed E-state index contributed by atoms with van der Waals surface area (Å²) >= 11 is 0. The zero-order valence-corrected chi connectivity index (χ0v) is 17.9. The summed E-state index contributed by atoms with van der Waals surface area (Å²) < 4.78 is 10.9. The molecule has 0 aliphatic rings. The van der Waals surface area contributed by atoms with Crippen molar-refractivity contribution in [2.45, 2.75) is 66.2 Å². The second kappa shape index (κ2) is 10.3. The van der Waals surface area contributed by atoms with E-state index in [9.17, 15) is 4.79 Å². The first-order chi connectivity index (χ1) is 13.3. The zero-order chi connectivity index (χ0) is 20.7. The number of ether oxygens (including phenoxy) is 1. The third-order valence-corrected chi connectivity index (χ3v) is 5.17. The number of benzene rings is 1. The molecule has 154 valence electrons. The number of carbonyl (C=O) groups excluding carboxylic acids is 1. The summed E-state index contributed by atoms with van der Waals surface area (Å²) in [6, 6.07) is 8.49. The standard InChI is InChI=1S/C22H33N3O3/c1-7-16(4)23-22(26)20-14-28-21(24-20)13-25(17(5)15(2)3)12-18-9-8-10-19(11-18)27-6/h8-11,14-17H,7,12-13H2,1-6H3,(H,23,26)/t16-,17+/m1/s1. The first kappa shape index (κ1) is 22.0. The van der Waals surface area contributed by atoms with Gasteiger partial charge in [-0.05, 0) is 43.9 Å². The van der Waals surface area contributed by atoms with Crippen molar-refractivity contribution in [2.24, 2.45) is 5.92 Å². The van der Waals surface area contributed by atoms with Crippen LogP contribution in [0.2, 0.25) is 0 Å². The molecule has 0 bridgehead atoms. The molecular formula is C22H33N3O3. The Bertz CT molecular complexity index is 757. The normalized spacial score (nSPS) is 13.6. The fraction of sp³-hybridized carbons (Fsp3) is 0.545. The molecule has 0 saturated heterocycles. The van der Waals surface area contributed by atoms with Gasteiger partial charge in [0.05, 0.1) is 13.7 Å². The third kappa shape index (κ3) is 6.09. The van der Waals surface area contributed by atoms with E-state index >= 15 is 0 Å². The number of nitrogens with one attached hydrogen (secondary N) is 1. The van der Waals surface area contributed by atoms with Crippen LogP contribution in [0.3, 0.4) is 0 Å². The van der Waals surface area contributed by atoms with Gasteiger partial charge in [0.1, 0.15) is 12.0 Å². The van der Waals surface area contributed by atoms with Crippen molar-refractivity contribution < 1.29 is 13.9 Å². The number of amides is 1. The van der Waals surface area contributed by atoms with E-state index in [4.69, 9.17) is 9.15 Å². The minimum atomic E-state index is -0.194. The predicted molar refractivity (Wildman–Crippen MR) is 110 cm³/mol. The molecule has 6 heteroatoms. The van der Waals surface area contributed by atoms with Crippen LogP contribution in [0, 0.1) is 5.92 Å². The van der Waals surface area contributed by atoms with Gasteiger partial charge >= 0.3 is 0 Å². The summed E-state index contributed by atoms with van der Waals surface area (Å²) in [6.45, 7) is 11.9. The molecule has 2 aromatic rings. The smallest absolute Gasteiger partial charge is 0.273 e. The van der Waals surface area contributed by atoms with Crippen LogP contribution in [-0.2, 0) is 13.1 Å². The molecule has 1 N–H and O–H groups in total. The Hall–Kier alpha value is -2.34. The predicted octanol–water partition coefficient (Wildman–Crippen LogP) is 4.26. The Labute approximate surface area is 168 Å². The molecule has 1 aromatic carbocycles. The number of rotatable bonds is 10. The number of carbonyl (C=O) groups is 1. The minimum Gasteiger partial charge on any atom is -0.497 e. The summed E-state index contributed by atoms with van der Waals surface area (Å²) in [7, 11) is 1.67. The van der Waals surface area contributed by atoms with Crippen molar-refractivity contribution in [3.63, 3.8) is 0 Å². The van der Waals surface area contributed by atoms with Crippen molar-refractivity contribution in [2.75, 3.05) is 7.11 Å². The fourth-order valence-electron chi connectivity index (χ4n) is 2.83. The van der Waals surface area contributed by atoms with Crippen molar-refractivity contribution in [1.29, 1.82) is 0 Å². The molecule has 1 amide bonds. The molecule has 0 fully saturated rings. The van der Waals surface area contributed by atoms with Gasteiger partial charge in [0.2, 0.25) is 5.89 Å². The highest BCUT2D eigenvalue weighted by Crippen LogP contribution is 2.20. The van der Waals surface area contributed by atoms with Crippen LogP contribution < -0.4 is 10.1 Å². The van der Waals surface area contributed by atoms with Crippen LogP contribution in [0.5, 0.6) is 5.75 Å². The fourth-order valence-corrected chi connectivity index (χ4v) is 2.83. The maximum Gasteiger partial charge on any atom is 0.273 e. The van der Waals surface area contributed by atoms with E-state index in [0.717, 1.165) is 24.3 Å². The summed E-state index contributed by atoms with van der Waals surface area (Å²) in [5.41, 5.74) is 1.49. The number of hydrogen-bond donors (Lipinski definition) is 1. The molecule has 0 aliphatic heterocycles. The van der Waals surface area contributed by atoms with Gasteiger partial charge in [0.25, 0.3) is 5.91 Å². The minimum absolute atomic E-state index is 0.109. The van der Waals surface area contributed by atoms with E-state index in [0.29, 0.717) is 30.1 Å². The number of hydrogen-bond acceptors (Lipinski definition) is 5. The average molecular weight is 388 g/mol. The largest absolute Gasteiger partial charge is 0.497 e. The van der Waals surface area contributed by atoms with E-state index < -0.39 is 0 Å². The topological polar surface area (TPSA) is 67.6 Å². The SMILES string of the molecule is CC[C@@H](C)NC(=O)c1coc(CN(Cc2cccc(OC)c2)[C@@H](C)C(C)C)n1. The lowest BCUT2D eigenvalue weighted by molar-refractivity contribution is 0.0934. The van der Waals surface area contributed by atoms with E-state index in [1.54, 1.807) is 7.11 Å². The van der Waals surface area contributed by atoms with Crippen LogP contribution >= 0.6 is 0 Å². The highest BCUT2D eigenvalue weighted by molar-refractivity contribution is 5.92. The van der Waals surface area contributed by atoms with E-state index in [1.807, 2.05) is 32.0 Å². The Balaban J connectivity index is 2.13. The van der Waals surface area contributed by atoms with Gasteiger partial charge in [0, 0.05) is 18.6 Å². The lowest BCUT2D eigenvalue weighted by Crippen LogP contribution is -2.36. The monoisotopic (exact) mass is 387 g/mol. The first-order valence-electron chi connectivity index (χ1n) is 9.96. The number of oxazole rings is 1. The van der Waals surface area contributed by atoms with Gasteiger partial charge in [-0.2, -0.15) is 0 Å². The zero-order valence-electron chi connectivity index (χ0n) is 17.9. The Kier molecular flexibility index (Phi) is 8.05. The maximum atomic E-state index is 12.3. The lowest BCUT2D eigenvalue weighted by Gasteiger charge is -2.30. The molecule has 1 heterocycles. The summed E-state index contributed by atoms with van der Waals surface area (Å²) in [4.78, 5) is 19.0. The molecule has 2 atom stereocenters. The number of aromatic nitrogens is 1. The van der Waals surface area contributed by atoms with E-state index in [1.165, 1.54) is 6.26 Å². The lowest BCUT2D eigenvalue weighted by atomic mass is 10.0. The molecule has 1 aromatic heterocycles. The van der Waals surface area contributed by atoms with E-state index in [2.05, 4.69) is 42.0 Å². The van der Waals surface area contributed by atoms with Gasteiger partial charge in [0.15, 0.2) is 5.69 Å². The van der Waals surface area contributed by atoms with Gasteiger partial charge in [-0.3, -0.25) is 9.69 Å². The molecule has 6 nitrogen and oxygen atoms in total. The molecular weight excluding hydrogens is 354 g/mol. The average Bonchev–Trinajstić information content (AvgIpc) is 3.15. The molecule has 0 spiro atoms. The Morgan fingerprint density at radius 1 is 1.25 bits per heavy atom. The quantitative estimate of drug-likeness (QED) is 0.660. The third-order valence-electron chi connectivity index (χ3n) is 5.17. The van der Waals surface area contributed by atoms with Crippen molar-refractivity contribution in [1.82, 2.24) is 15.2 Å². The first-order valence-corrected chi connectivity index (χ1v) is 9.96. The van der Waals surface area contributed by atoms with Crippen LogP contribution in [0.4, 0.5) is 0 Å². The van der Waals surface area contributed by atoms with Crippen molar-refractivity contribution >= 4 is 5.91 Å². The molecule has 28 heavy (non-hydrogen) atoms. The van der Waals surface area contributed by atoms with Gasteiger partial charge < -0.3 is 14.5 Å². The van der Waals surface area contributed by atoms with Gasteiger partial charge in [-0.1, -0.05) is 32.9 Å². The van der Waals surface area contributed by atoms with Crippen molar-refractivity contribution in [3.8, 4) is 5.75 Å². The molecule has 2 rings (SSSR count). The highest BCUT2D eigenvalue weighted by Gasteiger charge is 2.21. The van der Waals surface area contributed by atoms with Crippen LogP contribution in [0.25, 0.3) is 0 Å². The summed E-state index contributed by atoms with van der Waals surface area (Å²) in [6.07, 6.45) is 2.31. The van der Waals surface area contributed by atoms with Gasteiger partial charge in [-0.15, -0.1) is 0 Å². The molecule has 0 aliphatic carbocycles. The molecule has 0 radical (unpaired) electrons. The van der Waals surface area contributed by atoms with Crippen molar-refractivity contribution in [3.05, 3.63) is 47.7 Å². The van der Waals surface area contributed by atoms with Gasteiger partial charge in [-0.25, -0.2) is 4.98 Å². The van der Waals surface area contributed by atoms with E-state index in [-0.39, 0.29) is 11.9 Å². The summed E-state index contributed by atoms with van der Waals surface area (Å²) in [5.74, 6) is 1.66. The second-order valence-corrected chi connectivity index (χ2v) is 7.65. The number of nitrogens with zero attached hydrogens (tertiary/aromatic N) is 2. The number of methoxy groups -OCH3 is 1. The Morgan fingerprint density at radius 3 is 2.64 bits per heavy atom. The molecule has 0 unspecified atom stereocenters. The Morgan fingerprint density at radius 2 is 2.00 bits per heavy atom. The highest BCUT2D eigenvalue weighted by atomic mass is 16.5. The van der Waals surface area contributed by atoms with Crippen LogP contribution in [0.1, 0.15) is 63.0 Å². The second-order valence-electron chi connectivity index (χ2n) is 7.65. The van der Waals surface area contributed by atoms with Crippen LogP contribution in [0.15, 0.2) is 34.9 Å². The molecule has 0 saturated carbocycles. The summed E-state index contributed by atoms with van der Waals surface area (Å²) in [5, 5.41) is 2.92. The van der Waals surface area contributed by atoms with Crippen LogP contribution in [-0.4, -0.2) is 35.0 Å².